The summed E-state index contributed by atoms with van der Waals surface area (Å²) in [5.41, 5.74) is 0.580. The largest absolute Gasteiger partial charge is 0.504 e. The van der Waals surface area contributed by atoms with Crippen molar-refractivity contribution in [3.05, 3.63) is 47.2 Å². The van der Waals surface area contributed by atoms with Crippen LogP contribution in [-0.2, 0) is 20.5 Å². The first kappa shape index (κ1) is 17.8. The van der Waals surface area contributed by atoms with E-state index in [1.165, 1.54) is 26.0 Å². The molecule has 24 heavy (non-hydrogen) atoms. The molecule has 1 unspecified atom stereocenters. The van der Waals surface area contributed by atoms with Crippen molar-refractivity contribution < 1.29 is 18.5 Å². The van der Waals surface area contributed by atoms with Crippen molar-refractivity contribution in [1.29, 1.82) is 0 Å². The number of carbonyl (C=O) groups is 1. The molecule has 2 aromatic rings. The third-order valence-electron chi connectivity index (χ3n) is 2.66. The predicted octanol–water partition coefficient (Wildman–Crippen LogP) is 1.72. The van der Waals surface area contributed by atoms with E-state index < -0.39 is 16.9 Å². The van der Waals surface area contributed by atoms with Crippen LogP contribution >= 0.6 is 12.2 Å². The number of aromatic nitrogens is 3. The standard InChI is InChI=1S/C14H14N4O4S2/c1-21-7-10(12(19)18-24(2)20)9-5-3-4-6-11(9)22-13-15-8-16-14(23)17-13/h3-8H,1-2H3,(H,18,19)(H,15,16,17,23)/b10-7+. The van der Waals surface area contributed by atoms with Gasteiger partial charge in [0.05, 0.1) is 18.9 Å². The van der Waals surface area contributed by atoms with Crippen LogP contribution in [0.2, 0.25) is 0 Å². The molecule has 0 saturated heterocycles. The Morgan fingerprint density at radius 3 is 2.79 bits per heavy atom. The highest BCUT2D eigenvalue weighted by Gasteiger charge is 2.18. The van der Waals surface area contributed by atoms with Gasteiger partial charge in [-0.05, 0) is 18.3 Å². The van der Waals surface area contributed by atoms with Gasteiger partial charge in [0.1, 0.15) is 23.1 Å². The van der Waals surface area contributed by atoms with E-state index >= 15 is 0 Å². The molecule has 1 amide bonds. The molecule has 0 radical (unpaired) electrons. The van der Waals surface area contributed by atoms with Gasteiger partial charge in [-0.2, -0.15) is 4.98 Å². The number of hydrogen-bond donors (Lipinski definition) is 2. The zero-order valence-electron chi connectivity index (χ0n) is 12.8. The van der Waals surface area contributed by atoms with E-state index in [0.29, 0.717) is 11.3 Å². The number of ether oxygens (including phenoxy) is 2. The lowest BCUT2D eigenvalue weighted by Crippen LogP contribution is -2.25. The molecule has 126 valence electrons. The lowest BCUT2D eigenvalue weighted by atomic mass is 10.1. The van der Waals surface area contributed by atoms with E-state index in [2.05, 4.69) is 19.7 Å². The molecule has 1 atom stereocenters. The minimum absolute atomic E-state index is 0.124. The van der Waals surface area contributed by atoms with E-state index in [9.17, 15) is 9.00 Å². The number of para-hydroxylation sites is 1. The first-order valence-corrected chi connectivity index (χ1v) is 8.54. The average molecular weight is 366 g/mol. The normalized spacial score (nSPS) is 12.3. The van der Waals surface area contributed by atoms with Crippen molar-refractivity contribution in [1.82, 2.24) is 19.7 Å². The highest BCUT2D eigenvalue weighted by atomic mass is 32.2. The SMILES string of the molecule is CO/C=C(/C(=O)NS(C)=O)c1ccccc1Oc1ncnc(=S)[nH]1. The van der Waals surface area contributed by atoms with Gasteiger partial charge in [0.25, 0.3) is 5.91 Å². The van der Waals surface area contributed by atoms with E-state index in [1.807, 2.05) is 0 Å². The van der Waals surface area contributed by atoms with Gasteiger partial charge in [0, 0.05) is 11.8 Å². The molecule has 1 aromatic heterocycles. The molecule has 0 saturated carbocycles. The van der Waals surface area contributed by atoms with Crippen LogP contribution in [0, 0.1) is 4.77 Å². The van der Waals surface area contributed by atoms with Crippen LogP contribution in [-0.4, -0.2) is 38.4 Å². The van der Waals surface area contributed by atoms with Gasteiger partial charge >= 0.3 is 6.01 Å². The minimum atomic E-state index is -1.52. The van der Waals surface area contributed by atoms with Crippen LogP contribution in [0.3, 0.4) is 0 Å². The van der Waals surface area contributed by atoms with E-state index in [0.717, 1.165) is 0 Å². The molecule has 0 aliphatic carbocycles. The molecule has 1 heterocycles. The molecule has 2 rings (SSSR count). The zero-order chi connectivity index (χ0) is 17.5. The second-order valence-corrected chi connectivity index (χ2v) is 5.86. The number of nitrogens with zero attached hydrogens (tertiary/aromatic N) is 2. The Labute approximate surface area is 145 Å². The van der Waals surface area contributed by atoms with Crippen molar-refractivity contribution in [3.8, 4) is 11.8 Å². The molecular formula is C14H14N4O4S2. The quantitative estimate of drug-likeness (QED) is 0.455. The monoisotopic (exact) mass is 366 g/mol. The number of aromatic amines is 1. The number of nitrogens with one attached hydrogen (secondary N) is 2. The third kappa shape index (κ3) is 4.70. The molecule has 2 N–H and O–H groups in total. The molecule has 0 bridgehead atoms. The Morgan fingerprint density at radius 2 is 2.12 bits per heavy atom. The number of methoxy groups -OCH3 is 1. The third-order valence-corrected chi connectivity index (χ3v) is 3.34. The van der Waals surface area contributed by atoms with Crippen LogP contribution in [0.15, 0.2) is 36.9 Å². The highest BCUT2D eigenvalue weighted by molar-refractivity contribution is 7.82. The smallest absolute Gasteiger partial charge is 0.302 e. The van der Waals surface area contributed by atoms with E-state index in [1.54, 1.807) is 24.3 Å². The summed E-state index contributed by atoms with van der Waals surface area (Å²) in [6.45, 7) is 0. The number of H-pyrrole nitrogens is 1. The highest BCUT2D eigenvalue weighted by Crippen LogP contribution is 2.29. The fourth-order valence-electron chi connectivity index (χ4n) is 1.77. The number of benzene rings is 1. The summed E-state index contributed by atoms with van der Waals surface area (Å²) >= 11 is 4.91. The van der Waals surface area contributed by atoms with E-state index in [4.69, 9.17) is 21.7 Å². The van der Waals surface area contributed by atoms with Gasteiger partial charge in [-0.25, -0.2) is 9.19 Å². The van der Waals surface area contributed by atoms with Crippen molar-refractivity contribution >= 4 is 34.7 Å². The fraction of sp³-hybridized carbons (Fsp3) is 0.143. The first-order chi connectivity index (χ1) is 11.5. The summed E-state index contributed by atoms with van der Waals surface area (Å²) in [7, 11) is -0.114. The Balaban J connectivity index is 2.42. The number of carbonyl (C=O) groups excluding carboxylic acids is 1. The molecule has 0 fully saturated rings. The minimum Gasteiger partial charge on any atom is -0.504 e. The summed E-state index contributed by atoms with van der Waals surface area (Å²) in [6, 6.07) is 6.89. The molecule has 1 aromatic carbocycles. The van der Waals surface area contributed by atoms with Crippen LogP contribution < -0.4 is 9.46 Å². The number of hydrogen-bond acceptors (Lipinski definition) is 7. The van der Waals surface area contributed by atoms with Crippen LogP contribution in [0.4, 0.5) is 0 Å². The lowest BCUT2D eigenvalue weighted by Gasteiger charge is -2.12. The number of amides is 1. The van der Waals surface area contributed by atoms with Gasteiger partial charge in [-0.15, -0.1) is 0 Å². The molecule has 8 nitrogen and oxygen atoms in total. The van der Waals surface area contributed by atoms with Crippen molar-refractivity contribution in [2.75, 3.05) is 13.4 Å². The van der Waals surface area contributed by atoms with E-state index in [-0.39, 0.29) is 16.4 Å². The van der Waals surface area contributed by atoms with Gasteiger partial charge in [-0.3, -0.25) is 14.5 Å². The molecule has 10 heteroatoms. The van der Waals surface area contributed by atoms with Gasteiger partial charge in [0.2, 0.25) is 4.77 Å². The maximum Gasteiger partial charge on any atom is 0.302 e. The van der Waals surface area contributed by atoms with Crippen LogP contribution in [0.25, 0.3) is 5.57 Å². The summed E-state index contributed by atoms with van der Waals surface area (Å²) in [5, 5.41) is 0. The Bertz CT molecular complexity index is 850. The first-order valence-electron chi connectivity index (χ1n) is 6.57. The molecule has 0 aliphatic rings. The second kappa shape index (κ2) is 8.31. The molecule has 0 spiro atoms. The number of rotatable bonds is 6. The van der Waals surface area contributed by atoms with Crippen LogP contribution in [0.1, 0.15) is 5.56 Å². The van der Waals surface area contributed by atoms with Crippen molar-refractivity contribution in [2.45, 2.75) is 0 Å². The summed E-state index contributed by atoms with van der Waals surface area (Å²) < 4.78 is 24.4. The second-order valence-electron chi connectivity index (χ2n) is 4.36. The molecular weight excluding hydrogens is 352 g/mol. The fourth-order valence-corrected chi connectivity index (χ4v) is 2.27. The summed E-state index contributed by atoms with van der Waals surface area (Å²) in [6.07, 6.45) is 3.86. The van der Waals surface area contributed by atoms with Crippen molar-refractivity contribution in [3.63, 3.8) is 0 Å². The topological polar surface area (TPSA) is 106 Å². The van der Waals surface area contributed by atoms with Gasteiger partial charge in [-0.1, -0.05) is 18.2 Å². The average Bonchev–Trinajstić information content (AvgIpc) is 2.53. The van der Waals surface area contributed by atoms with Crippen molar-refractivity contribution in [2.24, 2.45) is 0 Å². The summed E-state index contributed by atoms with van der Waals surface area (Å²) in [5.74, 6) is -0.230. The molecule has 0 aliphatic heterocycles. The van der Waals surface area contributed by atoms with Gasteiger partial charge in [0.15, 0.2) is 0 Å². The maximum atomic E-state index is 12.2. The Morgan fingerprint density at radius 1 is 1.38 bits per heavy atom. The zero-order valence-corrected chi connectivity index (χ0v) is 14.4. The summed E-state index contributed by atoms with van der Waals surface area (Å²) in [4.78, 5) is 22.6. The Kier molecular flexibility index (Phi) is 6.15. The van der Waals surface area contributed by atoms with Crippen LogP contribution in [0.5, 0.6) is 11.8 Å². The predicted molar refractivity (Wildman–Crippen MR) is 90.9 cm³/mol. The van der Waals surface area contributed by atoms with Gasteiger partial charge < -0.3 is 9.47 Å². The maximum absolute atomic E-state index is 12.2. The lowest BCUT2D eigenvalue weighted by molar-refractivity contribution is -0.114. The Hall–Kier alpha value is -2.59.